The molecule has 0 atom stereocenters. The summed E-state index contributed by atoms with van der Waals surface area (Å²) in [5.41, 5.74) is 2.48. The summed E-state index contributed by atoms with van der Waals surface area (Å²) in [7, 11) is 0. The molecular formula is C23H28N4O2. The van der Waals surface area contributed by atoms with Crippen LogP contribution in [0.1, 0.15) is 68.1 Å². The van der Waals surface area contributed by atoms with Crippen molar-refractivity contribution in [1.29, 1.82) is 0 Å². The maximum Gasteiger partial charge on any atom is 0.337 e. The third-order valence-corrected chi connectivity index (χ3v) is 4.77. The highest BCUT2D eigenvalue weighted by molar-refractivity contribution is 5.94. The lowest BCUT2D eigenvalue weighted by Gasteiger charge is -2.12. The standard InChI is InChI=1S/C23H28N4O2/c1-5-6-14-27-19(25-22(26-27)23(2,3)4)15-16-9-11-17(12-10-16)20-18(21(28)29)8-7-13-24-20/h7-13H,5-6,14-15H2,1-4H3,(H,28,29). The third-order valence-electron chi connectivity index (χ3n) is 4.77. The molecule has 0 spiro atoms. The molecule has 0 aliphatic carbocycles. The van der Waals surface area contributed by atoms with Gasteiger partial charge in [-0.2, -0.15) is 5.10 Å². The van der Waals surface area contributed by atoms with Crippen molar-refractivity contribution in [2.24, 2.45) is 0 Å². The fourth-order valence-corrected chi connectivity index (χ4v) is 3.08. The van der Waals surface area contributed by atoms with Crippen molar-refractivity contribution < 1.29 is 9.90 Å². The van der Waals surface area contributed by atoms with Crippen LogP contribution >= 0.6 is 0 Å². The van der Waals surface area contributed by atoms with Crippen molar-refractivity contribution in [1.82, 2.24) is 19.7 Å². The number of carboxylic acid groups (broad SMARTS) is 1. The Morgan fingerprint density at radius 2 is 1.86 bits per heavy atom. The Kier molecular flexibility index (Phi) is 6.11. The molecule has 0 unspecified atom stereocenters. The van der Waals surface area contributed by atoms with E-state index in [1.54, 1.807) is 18.3 Å². The molecule has 6 heteroatoms. The van der Waals surface area contributed by atoms with Gasteiger partial charge in [0.25, 0.3) is 0 Å². The molecule has 3 aromatic rings. The summed E-state index contributed by atoms with van der Waals surface area (Å²) in [6.45, 7) is 9.40. The van der Waals surface area contributed by atoms with Crippen LogP contribution in [0.5, 0.6) is 0 Å². The molecule has 0 saturated carbocycles. The quantitative estimate of drug-likeness (QED) is 0.629. The third kappa shape index (κ3) is 4.88. The molecule has 0 bridgehead atoms. The minimum absolute atomic E-state index is 0.0950. The number of hydrogen-bond donors (Lipinski definition) is 1. The van der Waals surface area contributed by atoms with E-state index in [1.807, 2.05) is 28.9 Å². The normalized spacial score (nSPS) is 11.6. The van der Waals surface area contributed by atoms with Crippen molar-refractivity contribution in [3.8, 4) is 11.3 Å². The van der Waals surface area contributed by atoms with E-state index in [0.29, 0.717) is 12.1 Å². The molecule has 152 valence electrons. The van der Waals surface area contributed by atoms with Gasteiger partial charge in [0.05, 0.1) is 11.3 Å². The predicted molar refractivity (Wildman–Crippen MR) is 113 cm³/mol. The van der Waals surface area contributed by atoms with Gasteiger partial charge < -0.3 is 5.11 Å². The summed E-state index contributed by atoms with van der Waals surface area (Å²) >= 11 is 0. The monoisotopic (exact) mass is 392 g/mol. The minimum atomic E-state index is -0.976. The maximum atomic E-state index is 11.5. The Morgan fingerprint density at radius 3 is 2.48 bits per heavy atom. The second kappa shape index (κ2) is 8.55. The first-order valence-electron chi connectivity index (χ1n) is 10.0. The molecule has 0 amide bonds. The van der Waals surface area contributed by atoms with Crippen LogP contribution in [0.15, 0.2) is 42.6 Å². The Labute approximate surface area is 171 Å². The molecule has 0 fully saturated rings. The summed E-state index contributed by atoms with van der Waals surface area (Å²) in [6, 6.07) is 11.1. The summed E-state index contributed by atoms with van der Waals surface area (Å²) in [5, 5.41) is 14.1. The number of rotatable bonds is 7. The van der Waals surface area contributed by atoms with Crippen LogP contribution in [-0.4, -0.2) is 30.8 Å². The van der Waals surface area contributed by atoms with Gasteiger partial charge in [0, 0.05) is 30.1 Å². The van der Waals surface area contributed by atoms with E-state index in [1.165, 1.54) is 0 Å². The van der Waals surface area contributed by atoms with Gasteiger partial charge in [0.2, 0.25) is 0 Å². The Hall–Kier alpha value is -3.02. The highest BCUT2D eigenvalue weighted by Gasteiger charge is 2.22. The number of aromatic nitrogens is 4. The molecule has 1 aromatic carbocycles. The first kappa shape index (κ1) is 20.7. The molecule has 0 aliphatic heterocycles. The van der Waals surface area contributed by atoms with E-state index in [4.69, 9.17) is 10.1 Å². The van der Waals surface area contributed by atoms with E-state index in [-0.39, 0.29) is 11.0 Å². The minimum Gasteiger partial charge on any atom is -0.478 e. The molecule has 0 radical (unpaired) electrons. The lowest BCUT2D eigenvalue weighted by Crippen LogP contribution is -2.14. The second-order valence-corrected chi connectivity index (χ2v) is 8.26. The van der Waals surface area contributed by atoms with Gasteiger partial charge in [-0.3, -0.25) is 4.98 Å². The number of nitrogens with zero attached hydrogens (tertiary/aromatic N) is 4. The van der Waals surface area contributed by atoms with E-state index in [9.17, 15) is 9.90 Å². The SMILES string of the molecule is CCCCn1nc(C(C)(C)C)nc1Cc1ccc(-c2ncccc2C(=O)O)cc1. The number of benzene rings is 1. The van der Waals surface area contributed by atoms with Gasteiger partial charge in [-0.1, -0.05) is 58.4 Å². The number of unbranched alkanes of at least 4 members (excludes halogenated alkanes) is 1. The van der Waals surface area contributed by atoms with Gasteiger partial charge in [0.1, 0.15) is 5.82 Å². The number of pyridine rings is 1. The molecule has 6 nitrogen and oxygen atoms in total. The van der Waals surface area contributed by atoms with Crippen molar-refractivity contribution in [2.75, 3.05) is 0 Å². The smallest absolute Gasteiger partial charge is 0.337 e. The molecule has 1 N–H and O–H groups in total. The van der Waals surface area contributed by atoms with E-state index in [0.717, 1.165) is 42.2 Å². The molecule has 0 aliphatic rings. The lowest BCUT2D eigenvalue weighted by atomic mass is 9.96. The number of aryl methyl sites for hydroxylation is 1. The van der Waals surface area contributed by atoms with Crippen molar-refractivity contribution >= 4 is 5.97 Å². The van der Waals surface area contributed by atoms with Crippen LogP contribution < -0.4 is 0 Å². The maximum absolute atomic E-state index is 11.5. The molecule has 0 saturated heterocycles. The number of aromatic carboxylic acids is 1. The first-order valence-corrected chi connectivity index (χ1v) is 10.0. The second-order valence-electron chi connectivity index (χ2n) is 8.26. The van der Waals surface area contributed by atoms with Crippen molar-refractivity contribution in [3.63, 3.8) is 0 Å². The van der Waals surface area contributed by atoms with Gasteiger partial charge in [-0.15, -0.1) is 0 Å². The Morgan fingerprint density at radius 1 is 1.14 bits per heavy atom. The fraction of sp³-hybridized carbons (Fsp3) is 0.391. The van der Waals surface area contributed by atoms with Crippen LogP contribution in [0.4, 0.5) is 0 Å². The van der Waals surface area contributed by atoms with Crippen LogP contribution in [0.2, 0.25) is 0 Å². The Balaban J connectivity index is 1.87. The van der Waals surface area contributed by atoms with E-state index in [2.05, 4.69) is 32.7 Å². The predicted octanol–water partition coefficient (Wildman–Crippen LogP) is 4.73. The lowest BCUT2D eigenvalue weighted by molar-refractivity contribution is 0.0697. The molecular weight excluding hydrogens is 364 g/mol. The Bertz CT molecular complexity index is 985. The molecule has 29 heavy (non-hydrogen) atoms. The van der Waals surface area contributed by atoms with Crippen LogP contribution in [0, 0.1) is 0 Å². The largest absolute Gasteiger partial charge is 0.478 e. The highest BCUT2D eigenvalue weighted by atomic mass is 16.4. The first-order chi connectivity index (χ1) is 13.8. The van der Waals surface area contributed by atoms with Gasteiger partial charge in [-0.05, 0) is 24.1 Å². The topological polar surface area (TPSA) is 80.9 Å². The number of carbonyl (C=O) groups is 1. The summed E-state index contributed by atoms with van der Waals surface area (Å²) in [5.74, 6) is 0.843. The zero-order valence-electron chi connectivity index (χ0n) is 17.5. The highest BCUT2D eigenvalue weighted by Crippen LogP contribution is 2.24. The van der Waals surface area contributed by atoms with Crippen LogP contribution in [0.3, 0.4) is 0 Å². The summed E-state index contributed by atoms with van der Waals surface area (Å²) in [6.07, 6.45) is 4.46. The number of hydrogen-bond acceptors (Lipinski definition) is 4. The van der Waals surface area contributed by atoms with Gasteiger partial charge >= 0.3 is 5.97 Å². The molecule has 2 aromatic heterocycles. The average Bonchev–Trinajstić information content (AvgIpc) is 3.10. The van der Waals surface area contributed by atoms with E-state index < -0.39 is 5.97 Å². The van der Waals surface area contributed by atoms with Crippen molar-refractivity contribution in [3.05, 3.63) is 65.4 Å². The van der Waals surface area contributed by atoms with E-state index >= 15 is 0 Å². The van der Waals surface area contributed by atoms with Crippen LogP contribution in [-0.2, 0) is 18.4 Å². The number of carboxylic acids is 1. The fourth-order valence-electron chi connectivity index (χ4n) is 3.08. The summed E-state index contributed by atoms with van der Waals surface area (Å²) < 4.78 is 2.03. The summed E-state index contributed by atoms with van der Waals surface area (Å²) in [4.78, 5) is 20.5. The van der Waals surface area contributed by atoms with Crippen molar-refractivity contribution in [2.45, 2.75) is 58.9 Å². The average molecular weight is 393 g/mol. The van der Waals surface area contributed by atoms with Gasteiger partial charge in [0.15, 0.2) is 5.82 Å². The molecule has 2 heterocycles. The zero-order chi connectivity index (χ0) is 21.0. The molecule has 3 rings (SSSR count). The zero-order valence-corrected chi connectivity index (χ0v) is 17.5. The van der Waals surface area contributed by atoms with Gasteiger partial charge in [-0.25, -0.2) is 14.5 Å². The van der Waals surface area contributed by atoms with Crippen LogP contribution in [0.25, 0.3) is 11.3 Å².